The monoisotopic (exact) mass is 491 g/mol. The van der Waals surface area contributed by atoms with Gasteiger partial charge in [0, 0.05) is 35.8 Å². The summed E-state index contributed by atoms with van der Waals surface area (Å²) in [5.74, 6) is -0.267. The molecule has 0 fully saturated rings. The van der Waals surface area contributed by atoms with Crippen LogP contribution in [0.3, 0.4) is 0 Å². The van der Waals surface area contributed by atoms with E-state index < -0.39 is 28.6 Å². The molecule has 0 radical (unpaired) electrons. The van der Waals surface area contributed by atoms with Crippen LogP contribution in [0, 0.1) is 5.82 Å². The lowest BCUT2D eigenvalue weighted by Gasteiger charge is -2.13. The molecule has 7 nitrogen and oxygen atoms in total. The van der Waals surface area contributed by atoms with Gasteiger partial charge >= 0.3 is 12.2 Å². The largest absolute Gasteiger partial charge is 0.457 e. The van der Waals surface area contributed by atoms with Gasteiger partial charge in [-0.25, -0.2) is 9.18 Å². The Labute approximate surface area is 194 Å². The molecule has 3 N–H and O–H groups in total. The van der Waals surface area contributed by atoms with Crippen LogP contribution in [0.1, 0.15) is 5.56 Å². The van der Waals surface area contributed by atoms with E-state index in [9.17, 15) is 22.4 Å². The number of carbonyl (C=O) groups is 1. The zero-order chi connectivity index (χ0) is 24.3. The molecule has 0 saturated heterocycles. The molecule has 0 aliphatic carbocycles. The van der Waals surface area contributed by atoms with Gasteiger partial charge in [-0.3, -0.25) is 10.1 Å². The summed E-state index contributed by atoms with van der Waals surface area (Å²) in [5, 5.41) is 10.5. The number of aromatic amines is 1. The number of rotatable bonds is 5. The van der Waals surface area contributed by atoms with E-state index in [0.29, 0.717) is 17.5 Å². The number of carbonyl (C=O) groups excluding carboxylic acids is 1. The number of anilines is 2. The Kier molecular flexibility index (Phi) is 6.37. The number of hydrogen-bond donors (Lipinski definition) is 3. The van der Waals surface area contributed by atoms with Gasteiger partial charge in [0.15, 0.2) is 0 Å². The summed E-state index contributed by atoms with van der Waals surface area (Å²) in [5.41, 5.74) is -0.140. The van der Waals surface area contributed by atoms with Crippen LogP contribution in [0.4, 0.5) is 33.7 Å². The number of nitrogens with one attached hydrogen (secondary N) is 3. The molecule has 2 aromatic carbocycles. The maximum Gasteiger partial charge on any atom is 0.417 e. The molecular formula is C22H14ClF4N5O2. The standard InChI is InChI=1S/C22H14ClF4N5O2/c23-17-3-1-13(7-16(17)22(25,26)27)31-21(33)32-19-4-2-14(8-18(19)24)34-15-5-6-28-20(9-15)12-10-29-30-11-12/h1-11H,(H,29,30)(H2,31,32,33). The van der Waals surface area contributed by atoms with Gasteiger partial charge in [0.2, 0.25) is 0 Å². The van der Waals surface area contributed by atoms with Gasteiger partial charge < -0.3 is 15.4 Å². The first-order chi connectivity index (χ1) is 16.2. The molecule has 0 bridgehead atoms. The van der Waals surface area contributed by atoms with Crippen molar-refractivity contribution in [1.82, 2.24) is 15.2 Å². The highest BCUT2D eigenvalue weighted by Crippen LogP contribution is 2.36. The van der Waals surface area contributed by atoms with Crippen molar-refractivity contribution in [2.24, 2.45) is 0 Å². The van der Waals surface area contributed by atoms with E-state index in [1.54, 1.807) is 24.5 Å². The fourth-order valence-electron chi connectivity index (χ4n) is 2.93. The predicted octanol–water partition coefficient (Wildman–Crippen LogP) is 6.72. The zero-order valence-electron chi connectivity index (χ0n) is 17.0. The topological polar surface area (TPSA) is 91.9 Å². The van der Waals surface area contributed by atoms with E-state index in [1.807, 2.05) is 0 Å². The third kappa shape index (κ3) is 5.44. The first kappa shape index (κ1) is 23.1. The molecule has 12 heteroatoms. The molecule has 0 spiro atoms. The van der Waals surface area contributed by atoms with E-state index in [-0.39, 0.29) is 17.1 Å². The minimum Gasteiger partial charge on any atom is -0.457 e. The summed E-state index contributed by atoms with van der Waals surface area (Å²) < 4.78 is 59.1. The second-order valence-electron chi connectivity index (χ2n) is 6.88. The van der Waals surface area contributed by atoms with Crippen molar-refractivity contribution in [2.45, 2.75) is 6.18 Å². The Bertz CT molecular complexity index is 1330. The Hall–Kier alpha value is -4.12. The fraction of sp³-hybridized carbons (Fsp3) is 0.0455. The molecule has 2 amide bonds. The van der Waals surface area contributed by atoms with Gasteiger partial charge in [-0.2, -0.15) is 18.3 Å². The number of benzene rings is 2. The van der Waals surface area contributed by atoms with E-state index in [0.717, 1.165) is 17.7 Å². The quantitative estimate of drug-likeness (QED) is 0.270. The Morgan fingerprint density at radius 2 is 1.82 bits per heavy atom. The Morgan fingerprint density at radius 3 is 2.53 bits per heavy atom. The second kappa shape index (κ2) is 9.40. The molecule has 4 rings (SSSR count). The van der Waals surface area contributed by atoms with Crippen LogP contribution in [-0.4, -0.2) is 21.2 Å². The number of aromatic nitrogens is 3. The highest BCUT2D eigenvalue weighted by molar-refractivity contribution is 6.31. The third-order valence-corrected chi connectivity index (χ3v) is 4.81. The molecular weight excluding hydrogens is 478 g/mol. The number of H-pyrrole nitrogens is 1. The summed E-state index contributed by atoms with van der Waals surface area (Å²) >= 11 is 5.56. The Morgan fingerprint density at radius 1 is 1.03 bits per heavy atom. The van der Waals surface area contributed by atoms with Crippen LogP contribution in [0.15, 0.2) is 67.1 Å². The van der Waals surface area contributed by atoms with Crippen LogP contribution < -0.4 is 15.4 Å². The van der Waals surface area contributed by atoms with Crippen molar-refractivity contribution >= 4 is 29.0 Å². The van der Waals surface area contributed by atoms with E-state index >= 15 is 0 Å². The van der Waals surface area contributed by atoms with Crippen molar-refractivity contribution in [2.75, 3.05) is 10.6 Å². The van der Waals surface area contributed by atoms with E-state index in [2.05, 4.69) is 25.8 Å². The van der Waals surface area contributed by atoms with E-state index in [1.165, 1.54) is 24.4 Å². The molecule has 0 unspecified atom stereocenters. The van der Waals surface area contributed by atoms with Crippen LogP contribution >= 0.6 is 11.6 Å². The van der Waals surface area contributed by atoms with Crippen LogP contribution in [0.25, 0.3) is 11.3 Å². The number of nitrogens with zero attached hydrogens (tertiary/aromatic N) is 2. The van der Waals surface area contributed by atoms with Gasteiger partial charge in [0.25, 0.3) is 0 Å². The molecule has 0 aliphatic rings. The van der Waals surface area contributed by atoms with E-state index in [4.69, 9.17) is 16.3 Å². The third-order valence-electron chi connectivity index (χ3n) is 4.48. The SMILES string of the molecule is O=C(Nc1ccc(Cl)c(C(F)(F)F)c1)Nc1ccc(Oc2ccnc(-c3cn[nH]c3)c2)cc1F. The van der Waals surface area contributed by atoms with Crippen LogP contribution in [0.5, 0.6) is 11.5 Å². The van der Waals surface area contributed by atoms with Crippen molar-refractivity contribution in [3.63, 3.8) is 0 Å². The first-order valence-electron chi connectivity index (χ1n) is 9.56. The molecule has 2 aromatic heterocycles. The lowest BCUT2D eigenvalue weighted by Crippen LogP contribution is -2.20. The van der Waals surface area contributed by atoms with Gasteiger partial charge in [-0.05, 0) is 36.4 Å². The highest BCUT2D eigenvalue weighted by atomic mass is 35.5. The van der Waals surface area contributed by atoms with Crippen molar-refractivity contribution in [3.8, 4) is 22.8 Å². The van der Waals surface area contributed by atoms with Crippen LogP contribution in [0.2, 0.25) is 5.02 Å². The number of halogens is 5. The normalized spacial score (nSPS) is 11.2. The number of ether oxygens (including phenoxy) is 1. The summed E-state index contributed by atoms with van der Waals surface area (Å²) in [6.07, 6.45) is 0.0764. The van der Waals surface area contributed by atoms with Crippen molar-refractivity contribution in [3.05, 3.63) is 83.5 Å². The average Bonchev–Trinajstić information content (AvgIpc) is 3.31. The van der Waals surface area contributed by atoms with Crippen molar-refractivity contribution in [1.29, 1.82) is 0 Å². The summed E-state index contributed by atoms with van der Waals surface area (Å²) in [4.78, 5) is 16.4. The average molecular weight is 492 g/mol. The van der Waals surface area contributed by atoms with Gasteiger partial charge in [0.1, 0.15) is 17.3 Å². The molecule has 34 heavy (non-hydrogen) atoms. The summed E-state index contributed by atoms with van der Waals surface area (Å²) in [6.45, 7) is 0. The number of hydrogen-bond acceptors (Lipinski definition) is 4. The maximum atomic E-state index is 14.5. The minimum atomic E-state index is -4.69. The molecule has 0 aliphatic heterocycles. The zero-order valence-corrected chi connectivity index (χ0v) is 17.7. The summed E-state index contributed by atoms with van der Waals surface area (Å²) in [6, 6.07) is 8.89. The lowest BCUT2D eigenvalue weighted by molar-refractivity contribution is -0.137. The molecule has 2 heterocycles. The minimum absolute atomic E-state index is 0.153. The lowest BCUT2D eigenvalue weighted by atomic mass is 10.2. The van der Waals surface area contributed by atoms with Gasteiger partial charge in [-0.1, -0.05) is 11.6 Å². The smallest absolute Gasteiger partial charge is 0.417 e. The number of alkyl halides is 3. The maximum absolute atomic E-state index is 14.5. The molecule has 0 saturated carbocycles. The number of pyridine rings is 1. The fourth-order valence-corrected chi connectivity index (χ4v) is 3.15. The Balaban J connectivity index is 1.43. The molecule has 174 valence electrons. The summed E-state index contributed by atoms with van der Waals surface area (Å²) in [7, 11) is 0. The highest BCUT2D eigenvalue weighted by Gasteiger charge is 2.33. The second-order valence-corrected chi connectivity index (χ2v) is 7.29. The predicted molar refractivity (Wildman–Crippen MR) is 117 cm³/mol. The number of amides is 2. The van der Waals surface area contributed by atoms with Gasteiger partial charge in [0.05, 0.1) is 28.2 Å². The molecule has 4 aromatic rings. The van der Waals surface area contributed by atoms with Crippen LogP contribution in [-0.2, 0) is 6.18 Å². The number of urea groups is 1. The molecule has 0 atom stereocenters. The van der Waals surface area contributed by atoms with Crippen molar-refractivity contribution < 1.29 is 27.1 Å². The van der Waals surface area contributed by atoms with Gasteiger partial charge in [-0.15, -0.1) is 0 Å². The first-order valence-corrected chi connectivity index (χ1v) is 9.94.